The molecule has 0 aliphatic heterocycles. The van der Waals surface area contributed by atoms with Crippen molar-refractivity contribution in [2.75, 3.05) is 12.8 Å². The molecule has 3 rings (SSSR count). The van der Waals surface area contributed by atoms with E-state index in [1.54, 1.807) is 13.3 Å². The van der Waals surface area contributed by atoms with Gasteiger partial charge in [-0.15, -0.1) is 0 Å². The number of aromatic nitrogens is 3. The molecule has 2 aromatic heterocycles. The highest BCUT2D eigenvalue weighted by Gasteiger charge is 2.13. The van der Waals surface area contributed by atoms with Crippen LogP contribution in [0, 0.1) is 11.3 Å². The maximum Gasteiger partial charge on any atom is 0.147 e. The van der Waals surface area contributed by atoms with Crippen LogP contribution in [-0.4, -0.2) is 21.6 Å². The van der Waals surface area contributed by atoms with Gasteiger partial charge in [0.2, 0.25) is 0 Å². The van der Waals surface area contributed by atoms with Crippen LogP contribution in [0.4, 0.5) is 5.82 Å². The lowest BCUT2D eigenvalue weighted by molar-refractivity contribution is 0.414. The summed E-state index contributed by atoms with van der Waals surface area (Å²) >= 11 is 0. The molecule has 3 aromatic rings. The van der Waals surface area contributed by atoms with Gasteiger partial charge in [0.15, 0.2) is 0 Å². The number of hydrogen-bond acceptors (Lipinski definition) is 5. The predicted octanol–water partition coefficient (Wildman–Crippen LogP) is 1.94. The highest BCUT2D eigenvalue weighted by atomic mass is 16.5. The molecule has 104 valence electrons. The van der Waals surface area contributed by atoms with E-state index in [-0.39, 0.29) is 0 Å². The van der Waals surface area contributed by atoms with Crippen molar-refractivity contribution >= 4 is 16.9 Å². The first-order valence-electron chi connectivity index (χ1n) is 6.35. The predicted molar refractivity (Wildman–Crippen MR) is 78.8 cm³/mol. The molecule has 6 heteroatoms. The molecule has 0 fully saturated rings. The molecule has 0 saturated heterocycles. The number of nitrogens with two attached hydrogens (primary N) is 1. The van der Waals surface area contributed by atoms with Gasteiger partial charge in [0.05, 0.1) is 18.1 Å². The molecule has 0 saturated carbocycles. The minimum atomic E-state index is 0.324. The fourth-order valence-electron chi connectivity index (χ4n) is 2.28. The first kappa shape index (κ1) is 12.9. The van der Waals surface area contributed by atoms with E-state index < -0.39 is 0 Å². The number of ether oxygens (including phenoxy) is 1. The van der Waals surface area contributed by atoms with Crippen molar-refractivity contribution in [1.29, 1.82) is 5.26 Å². The average molecular weight is 279 g/mol. The van der Waals surface area contributed by atoms with Crippen LogP contribution in [0.3, 0.4) is 0 Å². The van der Waals surface area contributed by atoms with Crippen LogP contribution < -0.4 is 10.5 Å². The Morgan fingerprint density at radius 2 is 2.05 bits per heavy atom. The highest BCUT2D eigenvalue weighted by molar-refractivity contribution is 5.91. The topological polar surface area (TPSA) is 89.8 Å². The molecule has 0 radical (unpaired) electrons. The largest absolute Gasteiger partial charge is 0.497 e. The van der Waals surface area contributed by atoms with Crippen molar-refractivity contribution < 1.29 is 4.74 Å². The molecule has 0 atom stereocenters. The van der Waals surface area contributed by atoms with E-state index in [0.29, 0.717) is 29.0 Å². The number of rotatable bonds is 3. The molecule has 0 spiro atoms. The molecule has 0 unspecified atom stereocenters. The zero-order valence-corrected chi connectivity index (χ0v) is 11.4. The van der Waals surface area contributed by atoms with Crippen LogP contribution in [0.2, 0.25) is 0 Å². The molecule has 2 heterocycles. The van der Waals surface area contributed by atoms with Crippen LogP contribution in [0.15, 0.2) is 36.8 Å². The Morgan fingerprint density at radius 1 is 1.29 bits per heavy atom. The summed E-state index contributed by atoms with van der Waals surface area (Å²) in [5, 5.41) is 9.82. The third kappa shape index (κ3) is 2.25. The lowest BCUT2D eigenvalue weighted by Gasteiger charge is -2.06. The second-order valence-corrected chi connectivity index (χ2v) is 4.59. The van der Waals surface area contributed by atoms with Gasteiger partial charge in [-0.2, -0.15) is 5.26 Å². The smallest absolute Gasteiger partial charge is 0.147 e. The maximum absolute atomic E-state index is 9.22. The number of nitrogen functional groups attached to an aromatic ring is 1. The van der Waals surface area contributed by atoms with Crippen LogP contribution >= 0.6 is 0 Å². The first-order chi connectivity index (χ1) is 10.2. The van der Waals surface area contributed by atoms with Crippen LogP contribution in [0.1, 0.15) is 11.1 Å². The van der Waals surface area contributed by atoms with Crippen molar-refractivity contribution in [3.63, 3.8) is 0 Å². The van der Waals surface area contributed by atoms with E-state index in [2.05, 4.69) is 16.0 Å². The number of methoxy groups -OCH3 is 1. The number of benzene rings is 1. The summed E-state index contributed by atoms with van der Waals surface area (Å²) in [6.07, 6.45) is 3.16. The molecular formula is C15H13N5O. The van der Waals surface area contributed by atoms with Gasteiger partial charge in [-0.3, -0.25) is 0 Å². The van der Waals surface area contributed by atoms with Crippen LogP contribution in [0.5, 0.6) is 5.75 Å². The van der Waals surface area contributed by atoms with Crippen molar-refractivity contribution in [2.24, 2.45) is 0 Å². The summed E-state index contributed by atoms with van der Waals surface area (Å²) in [5.74, 6) is 1.13. The van der Waals surface area contributed by atoms with E-state index in [9.17, 15) is 5.26 Å². The molecule has 21 heavy (non-hydrogen) atoms. The number of nitrogens with zero attached hydrogens (tertiary/aromatic N) is 4. The van der Waals surface area contributed by atoms with Gasteiger partial charge in [0.1, 0.15) is 29.6 Å². The minimum Gasteiger partial charge on any atom is -0.497 e. The normalized spacial score (nSPS) is 10.5. The van der Waals surface area contributed by atoms with Crippen LogP contribution in [-0.2, 0) is 6.54 Å². The fraction of sp³-hybridized carbons (Fsp3) is 0.133. The van der Waals surface area contributed by atoms with Gasteiger partial charge < -0.3 is 15.0 Å². The Balaban J connectivity index is 2.04. The lowest BCUT2D eigenvalue weighted by Crippen LogP contribution is -2.00. The van der Waals surface area contributed by atoms with Gasteiger partial charge in [0.25, 0.3) is 0 Å². The van der Waals surface area contributed by atoms with Gasteiger partial charge in [-0.1, -0.05) is 12.1 Å². The van der Waals surface area contributed by atoms with Gasteiger partial charge in [-0.25, -0.2) is 9.97 Å². The Morgan fingerprint density at radius 3 is 2.71 bits per heavy atom. The second kappa shape index (κ2) is 5.13. The zero-order chi connectivity index (χ0) is 14.8. The Labute approximate surface area is 121 Å². The third-order valence-electron chi connectivity index (χ3n) is 3.32. The molecule has 0 bridgehead atoms. The van der Waals surface area contributed by atoms with E-state index in [1.807, 2.05) is 28.8 Å². The molecule has 1 aromatic carbocycles. The standard InChI is InChI=1S/C15H13N5O/c1-21-12-4-2-10(3-5-12)7-20-8-11(6-16)13-14(17)18-9-19-15(13)20/h2-5,8-9H,7H2,1H3,(H2,17,18,19). The summed E-state index contributed by atoms with van der Waals surface area (Å²) in [7, 11) is 1.63. The molecular weight excluding hydrogens is 266 g/mol. The zero-order valence-electron chi connectivity index (χ0n) is 11.4. The minimum absolute atomic E-state index is 0.324. The maximum atomic E-state index is 9.22. The molecule has 0 aliphatic carbocycles. The van der Waals surface area contributed by atoms with Crippen molar-refractivity contribution in [1.82, 2.24) is 14.5 Å². The van der Waals surface area contributed by atoms with E-state index in [1.165, 1.54) is 6.33 Å². The summed E-state index contributed by atoms with van der Waals surface area (Å²) in [5.41, 5.74) is 8.07. The second-order valence-electron chi connectivity index (χ2n) is 4.59. The summed E-state index contributed by atoms with van der Waals surface area (Å²) in [6.45, 7) is 0.596. The third-order valence-corrected chi connectivity index (χ3v) is 3.32. The molecule has 0 aliphatic rings. The average Bonchev–Trinajstić information content (AvgIpc) is 2.87. The fourth-order valence-corrected chi connectivity index (χ4v) is 2.28. The van der Waals surface area contributed by atoms with Crippen molar-refractivity contribution in [2.45, 2.75) is 6.54 Å². The van der Waals surface area contributed by atoms with Gasteiger partial charge >= 0.3 is 0 Å². The summed E-state index contributed by atoms with van der Waals surface area (Å²) in [4.78, 5) is 8.18. The SMILES string of the molecule is COc1ccc(Cn2cc(C#N)c3c(N)ncnc32)cc1. The van der Waals surface area contributed by atoms with Gasteiger partial charge in [0, 0.05) is 12.7 Å². The first-order valence-corrected chi connectivity index (χ1v) is 6.35. The highest BCUT2D eigenvalue weighted by Crippen LogP contribution is 2.24. The van der Waals surface area contributed by atoms with E-state index in [4.69, 9.17) is 10.5 Å². The molecule has 6 nitrogen and oxygen atoms in total. The van der Waals surface area contributed by atoms with Crippen LogP contribution in [0.25, 0.3) is 11.0 Å². The lowest BCUT2D eigenvalue weighted by atomic mass is 10.2. The quantitative estimate of drug-likeness (QED) is 0.791. The Kier molecular flexibility index (Phi) is 3.16. The summed E-state index contributed by atoms with van der Waals surface area (Å²) < 4.78 is 7.04. The van der Waals surface area contributed by atoms with E-state index in [0.717, 1.165) is 11.3 Å². The van der Waals surface area contributed by atoms with Crippen molar-refractivity contribution in [3.05, 3.63) is 47.9 Å². The molecule has 0 amide bonds. The molecule has 2 N–H and O–H groups in total. The van der Waals surface area contributed by atoms with Crippen molar-refractivity contribution in [3.8, 4) is 11.8 Å². The van der Waals surface area contributed by atoms with E-state index >= 15 is 0 Å². The monoisotopic (exact) mass is 279 g/mol. The summed E-state index contributed by atoms with van der Waals surface area (Å²) in [6, 6.07) is 9.88. The number of anilines is 1. The van der Waals surface area contributed by atoms with Gasteiger partial charge in [-0.05, 0) is 17.7 Å². The number of fused-ring (bicyclic) bond motifs is 1. The Hall–Kier alpha value is -3.07. The number of nitriles is 1. The Bertz CT molecular complexity index is 830. The number of hydrogen-bond donors (Lipinski definition) is 1.